The second kappa shape index (κ2) is 11.8. The van der Waals surface area contributed by atoms with Gasteiger partial charge in [0.05, 0.1) is 10.2 Å². The van der Waals surface area contributed by atoms with Crippen molar-refractivity contribution < 1.29 is 8.83 Å². The van der Waals surface area contributed by atoms with Gasteiger partial charge in [-0.2, -0.15) is 0 Å². The molecule has 0 spiro atoms. The molecule has 0 saturated carbocycles. The minimum Gasteiger partial charge on any atom is -0.456 e. The molecule has 11 aromatic rings. The molecule has 6 nitrogen and oxygen atoms in total. The fourth-order valence-corrected chi connectivity index (χ4v) is 8.27. The Labute approximate surface area is 306 Å². The standard InChI is InChI=1S/C46H26N4O2S/c1-3-12-27(13-4-1)43-48-44(50-45(49-43)34-21-11-23-38-41(34)33-18-7-8-22-37(33)51-38)30-17-9-16-29(24-30)31-19-10-20-32-35-25-40-36(26-39(35)52-42(31)32)47-46(53-40)28-14-5-2-6-15-28/h1-26H. The molecule has 0 fully saturated rings. The minimum atomic E-state index is 0.581. The van der Waals surface area contributed by atoms with Crippen molar-refractivity contribution in [3.05, 3.63) is 158 Å². The maximum Gasteiger partial charge on any atom is 0.164 e. The van der Waals surface area contributed by atoms with Crippen molar-refractivity contribution in [1.29, 1.82) is 0 Å². The molecule has 0 amide bonds. The minimum absolute atomic E-state index is 0.581. The zero-order valence-corrected chi connectivity index (χ0v) is 28.8. The van der Waals surface area contributed by atoms with E-state index >= 15 is 0 Å². The predicted molar refractivity (Wildman–Crippen MR) is 215 cm³/mol. The first-order valence-electron chi connectivity index (χ1n) is 17.4. The lowest BCUT2D eigenvalue weighted by Gasteiger charge is -2.10. The average molecular weight is 699 g/mol. The lowest BCUT2D eigenvalue weighted by molar-refractivity contribution is 0.669. The molecular formula is C46H26N4O2S. The van der Waals surface area contributed by atoms with Crippen LogP contribution in [0.2, 0.25) is 0 Å². The van der Waals surface area contributed by atoms with Gasteiger partial charge in [-0.1, -0.05) is 127 Å². The Balaban J connectivity index is 1.06. The molecule has 0 aliphatic carbocycles. The van der Waals surface area contributed by atoms with Crippen molar-refractivity contribution in [2.45, 2.75) is 0 Å². The van der Waals surface area contributed by atoms with Crippen LogP contribution in [0.3, 0.4) is 0 Å². The molecule has 53 heavy (non-hydrogen) atoms. The second-order valence-electron chi connectivity index (χ2n) is 13.0. The van der Waals surface area contributed by atoms with Crippen molar-refractivity contribution in [3.8, 4) is 55.9 Å². The highest BCUT2D eigenvalue weighted by Crippen LogP contribution is 2.41. The van der Waals surface area contributed by atoms with Gasteiger partial charge in [-0.05, 0) is 29.8 Å². The summed E-state index contributed by atoms with van der Waals surface area (Å²) in [6.07, 6.45) is 0. The van der Waals surface area contributed by atoms with Crippen LogP contribution in [-0.2, 0) is 0 Å². The number of benzene rings is 7. The van der Waals surface area contributed by atoms with Crippen molar-refractivity contribution >= 4 is 65.4 Å². The van der Waals surface area contributed by atoms with Crippen LogP contribution in [-0.4, -0.2) is 19.9 Å². The molecule has 7 heteroatoms. The van der Waals surface area contributed by atoms with E-state index in [-0.39, 0.29) is 0 Å². The van der Waals surface area contributed by atoms with Crippen LogP contribution < -0.4 is 0 Å². The third-order valence-electron chi connectivity index (χ3n) is 9.77. The molecule has 248 valence electrons. The molecule has 11 rings (SSSR count). The van der Waals surface area contributed by atoms with Gasteiger partial charge < -0.3 is 8.83 Å². The van der Waals surface area contributed by atoms with Crippen molar-refractivity contribution in [2.75, 3.05) is 0 Å². The van der Waals surface area contributed by atoms with Crippen LogP contribution in [0.15, 0.2) is 167 Å². The molecule has 4 heterocycles. The molecule has 0 aliphatic heterocycles. The Morgan fingerprint density at radius 3 is 1.91 bits per heavy atom. The summed E-state index contributed by atoms with van der Waals surface area (Å²) in [5.74, 6) is 1.77. The van der Waals surface area contributed by atoms with Crippen LogP contribution in [0.1, 0.15) is 0 Å². The fourth-order valence-electron chi connectivity index (χ4n) is 7.28. The highest BCUT2D eigenvalue weighted by atomic mass is 32.1. The lowest BCUT2D eigenvalue weighted by atomic mass is 10.00. The summed E-state index contributed by atoms with van der Waals surface area (Å²) in [6, 6.07) is 53.4. The van der Waals surface area contributed by atoms with Gasteiger partial charge >= 0.3 is 0 Å². The summed E-state index contributed by atoms with van der Waals surface area (Å²) in [5, 5.41) is 5.14. The largest absolute Gasteiger partial charge is 0.456 e. The van der Waals surface area contributed by atoms with E-state index in [1.807, 2.05) is 91.0 Å². The number of rotatable bonds is 5. The van der Waals surface area contributed by atoms with Crippen molar-refractivity contribution in [1.82, 2.24) is 19.9 Å². The quantitative estimate of drug-likeness (QED) is 0.178. The zero-order chi connectivity index (χ0) is 34.9. The van der Waals surface area contributed by atoms with Gasteiger partial charge in [-0.25, -0.2) is 19.9 Å². The molecule has 0 atom stereocenters. The summed E-state index contributed by atoms with van der Waals surface area (Å²) in [6.45, 7) is 0. The summed E-state index contributed by atoms with van der Waals surface area (Å²) in [5.41, 5.74) is 9.99. The number of para-hydroxylation sites is 2. The maximum absolute atomic E-state index is 6.64. The monoisotopic (exact) mass is 698 g/mol. The number of nitrogens with zero attached hydrogens (tertiary/aromatic N) is 4. The first-order valence-corrected chi connectivity index (χ1v) is 18.2. The molecule has 4 aromatic heterocycles. The Morgan fingerprint density at radius 2 is 1.04 bits per heavy atom. The van der Waals surface area contributed by atoms with E-state index in [2.05, 4.69) is 66.7 Å². The van der Waals surface area contributed by atoms with Crippen LogP contribution in [0.4, 0.5) is 0 Å². The van der Waals surface area contributed by atoms with E-state index in [1.165, 1.54) is 0 Å². The molecular weight excluding hydrogens is 673 g/mol. The zero-order valence-electron chi connectivity index (χ0n) is 28.0. The van der Waals surface area contributed by atoms with Gasteiger partial charge in [-0.3, -0.25) is 0 Å². The van der Waals surface area contributed by atoms with Gasteiger partial charge in [0.2, 0.25) is 0 Å². The van der Waals surface area contributed by atoms with E-state index in [9.17, 15) is 0 Å². The van der Waals surface area contributed by atoms with E-state index in [1.54, 1.807) is 11.3 Å². The predicted octanol–water partition coefficient (Wildman–Crippen LogP) is 12.6. The Hall–Kier alpha value is -6.96. The third-order valence-corrected chi connectivity index (χ3v) is 10.8. The maximum atomic E-state index is 6.64. The van der Waals surface area contributed by atoms with Crippen LogP contribution in [0.5, 0.6) is 0 Å². The molecule has 0 unspecified atom stereocenters. The molecule has 0 saturated heterocycles. The summed E-state index contributed by atoms with van der Waals surface area (Å²) in [7, 11) is 0. The normalized spacial score (nSPS) is 11.8. The number of furan rings is 2. The summed E-state index contributed by atoms with van der Waals surface area (Å²) >= 11 is 1.70. The van der Waals surface area contributed by atoms with Crippen LogP contribution in [0, 0.1) is 0 Å². The van der Waals surface area contributed by atoms with E-state index < -0.39 is 0 Å². The van der Waals surface area contributed by atoms with Gasteiger partial charge in [0.25, 0.3) is 0 Å². The highest BCUT2D eigenvalue weighted by molar-refractivity contribution is 7.21. The fraction of sp³-hybridized carbons (Fsp3) is 0. The first kappa shape index (κ1) is 29.7. The molecule has 0 aliphatic rings. The number of fused-ring (bicyclic) bond motifs is 7. The smallest absolute Gasteiger partial charge is 0.164 e. The molecule has 0 radical (unpaired) electrons. The Morgan fingerprint density at radius 1 is 0.396 bits per heavy atom. The molecule has 0 bridgehead atoms. The Bertz CT molecular complexity index is 3180. The number of aromatic nitrogens is 4. The number of thiazole rings is 1. The average Bonchev–Trinajstić information content (AvgIpc) is 3.93. The lowest BCUT2D eigenvalue weighted by Crippen LogP contribution is -2.00. The van der Waals surface area contributed by atoms with Crippen molar-refractivity contribution in [2.24, 2.45) is 0 Å². The number of hydrogen-bond donors (Lipinski definition) is 0. The summed E-state index contributed by atoms with van der Waals surface area (Å²) < 4.78 is 14.0. The third kappa shape index (κ3) is 4.93. The number of hydrogen-bond acceptors (Lipinski definition) is 7. The first-order chi connectivity index (χ1) is 26.2. The van der Waals surface area contributed by atoms with Crippen LogP contribution in [0.25, 0.3) is 110 Å². The van der Waals surface area contributed by atoms with E-state index in [0.717, 1.165) is 92.5 Å². The van der Waals surface area contributed by atoms with Gasteiger partial charge in [0.15, 0.2) is 17.5 Å². The van der Waals surface area contributed by atoms with Crippen molar-refractivity contribution in [3.63, 3.8) is 0 Å². The van der Waals surface area contributed by atoms with E-state index in [0.29, 0.717) is 17.5 Å². The highest BCUT2D eigenvalue weighted by Gasteiger charge is 2.19. The molecule has 0 N–H and O–H groups in total. The topological polar surface area (TPSA) is 77.8 Å². The SMILES string of the molecule is c1ccc(-c2nc(-c3cccc(-c4cccc5c4oc4cc6nc(-c7ccccc7)sc6cc45)c3)nc(-c3cccc4oc5ccccc5c34)n2)cc1. The summed E-state index contributed by atoms with van der Waals surface area (Å²) in [4.78, 5) is 20.2. The van der Waals surface area contributed by atoms with Gasteiger partial charge in [-0.15, -0.1) is 11.3 Å². The molecule has 7 aromatic carbocycles. The van der Waals surface area contributed by atoms with E-state index in [4.69, 9.17) is 28.8 Å². The Kier molecular flexibility index (Phi) is 6.62. The second-order valence-corrected chi connectivity index (χ2v) is 14.0. The van der Waals surface area contributed by atoms with Gasteiger partial charge in [0.1, 0.15) is 27.3 Å². The van der Waals surface area contributed by atoms with Crippen LogP contribution >= 0.6 is 11.3 Å². The van der Waals surface area contributed by atoms with Gasteiger partial charge in [0, 0.05) is 55.4 Å².